The first kappa shape index (κ1) is 15.8. The molecule has 0 unspecified atom stereocenters. The molecule has 23 heavy (non-hydrogen) atoms. The SMILES string of the molecule is CN[C@@H]1CCN(c2cc(Nc3cccc(Cl)c3F)nc(N)n2)C1. The molecule has 4 N–H and O–H groups in total. The lowest BCUT2D eigenvalue weighted by molar-refractivity contribution is 0.616. The van der Waals surface area contributed by atoms with Crippen molar-refractivity contribution in [3.05, 3.63) is 35.1 Å². The molecule has 8 heteroatoms. The van der Waals surface area contributed by atoms with Gasteiger partial charge in [0.2, 0.25) is 5.95 Å². The number of hydrogen-bond acceptors (Lipinski definition) is 6. The van der Waals surface area contributed by atoms with Gasteiger partial charge in [0, 0.05) is 25.2 Å². The molecule has 1 atom stereocenters. The normalized spacial score (nSPS) is 17.5. The molecule has 0 spiro atoms. The number of nitrogens with two attached hydrogens (primary N) is 1. The zero-order chi connectivity index (χ0) is 16.4. The van der Waals surface area contributed by atoms with Crippen molar-refractivity contribution in [1.82, 2.24) is 15.3 Å². The van der Waals surface area contributed by atoms with Gasteiger partial charge in [0.1, 0.15) is 11.6 Å². The lowest BCUT2D eigenvalue weighted by atomic mass is 10.3. The number of halogens is 2. The molecule has 0 amide bonds. The van der Waals surface area contributed by atoms with Gasteiger partial charge in [-0.3, -0.25) is 0 Å². The maximum atomic E-state index is 14.0. The van der Waals surface area contributed by atoms with Crippen LogP contribution in [-0.4, -0.2) is 36.1 Å². The maximum Gasteiger partial charge on any atom is 0.223 e. The van der Waals surface area contributed by atoms with E-state index in [0.717, 1.165) is 25.3 Å². The van der Waals surface area contributed by atoms with Gasteiger partial charge in [-0.05, 0) is 25.6 Å². The second-order valence-corrected chi connectivity index (χ2v) is 5.82. The summed E-state index contributed by atoms with van der Waals surface area (Å²) in [7, 11) is 1.94. The molecule has 0 radical (unpaired) electrons. The van der Waals surface area contributed by atoms with Crippen LogP contribution in [0.1, 0.15) is 6.42 Å². The van der Waals surface area contributed by atoms with E-state index in [9.17, 15) is 4.39 Å². The fraction of sp³-hybridized carbons (Fsp3) is 0.333. The van der Waals surface area contributed by atoms with Gasteiger partial charge in [0.15, 0.2) is 5.82 Å². The van der Waals surface area contributed by atoms with Gasteiger partial charge < -0.3 is 21.3 Å². The number of anilines is 4. The summed E-state index contributed by atoms with van der Waals surface area (Å²) in [5.41, 5.74) is 6.04. The Morgan fingerprint density at radius 1 is 1.39 bits per heavy atom. The summed E-state index contributed by atoms with van der Waals surface area (Å²) in [5, 5.41) is 6.21. The zero-order valence-electron chi connectivity index (χ0n) is 12.7. The largest absolute Gasteiger partial charge is 0.368 e. The average Bonchev–Trinajstić information content (AvgIpc) is 3.00. The quantitative estimate of drug-likeness (QED) is 0.795. The second-order valence-electron chi connectivity index (χ2n) is 5.42. The number of likely N-dealkylation sites (N-methyl/N-ethyl adjacent to an activating group) is 1. The molecule has 1 saturated heterocycles. The Morgan fingerprint density at radius 2 is 2.22 bits per heavy atom. The Balaban J connectivity index is 1.85. The van der Waals surface area contributed by atoms with Crippen LogP contribution in [-0.2, 0) is 0 Å². The summed E-state index contributed by atoms with van der Waals surface area (Å²) in [6, 6.07) is 6.93. The third-order valence-electron chi connectivity index (χ3n) is 3.86. The average molecular weight is 337 g/mol. The third kappa shape index (κ3) is 3.46. The van der Waals surface area contributed by atoms with Gasteiger partial charge in [-0.15, -0.1) is 0 Å². The number of benzene rings is 1. The highest BCUT2D eigenvalue weighted by Gasteiger charge is 2.23. The molecule has 1 aromatic heterocycles. The minimum absolute atomic E-state index is 0.0497. The van der Waals surface area contributed by atoms with Crippen molar-refractivity contribution in [3.8, 4) is 0 Å². The number of hydrogen-bond donors (Lipinski definition) is 3. The molecule has 1 aromatic carbocycles. The first-order chi connectivity index (χ1) is 11.1. The van der Waals surface area contributed by atoms with Crippen LogP contribution in [0.4, 0.5) is 27.7 Å². The van der Waals surface area contributed by atoms with Crippen molar-refractivity contribution in [1.29, 1.82) is 0 Å². The van der Waals surface area contributed by atoms with E-state index in [4.69, 9.17) is 17.3 Å². The molecule has 3 rings (SSSR count). The highest BCUT2D eigenvalue weighted by atomic mass is 35.5. The number of aromatic nitrogens is 2. The maximum absolute atomic E-state index is 14.0. The zero-order valence-corrected chi connectivity index (χ0v) is 13.4. The predicted molar refractivity (Wildman–Crippen MR) is 90.8 cm³/mol. The molecule has 2 aromatic rings. The van der Waals surface area contributed by atoms with Gasteiger partial charge in [-0.25, -0.2) is 4.39 Å². The number of nitrogens with zero attached hydrogens (tertiary/aromatic N) is 3. The lowest BCUT2D eigenvalue weighted by Gasteiger charge is -2.18. The molecule has 0 bridgehead atoms. The summed E-state index contributed by atoms with van der Waals surface area (Å²) >= 11 is 5.79. The molecule has 122 valence electrons. The van der Waals surface area contributed by atoms with Crippen molar-refractivity contribution in [3.63, 3.8) is 0 Å². The van der Waals surface area contributed by atoms with Crippen molar-refractivity contribution in [2.75, 3.05) is 36.1 Å². The molecular weight excluding hydrogens is 319 g/mol. The van der Waals surface area contributed by atoms with E-state index in [1.807, 2.05) is 7.05 Å². The van der Waals surface area contributed by atoms with E-state index >= 15 is 0 Å². The number of nitrogens with one attached hydrogen (secondary N) is 2. The summed E-state index contributed by atoms with van der Waals surface area (Å²) in [4.78, 5) is 10.5. The smallest absolute Gasteiger partial charge is 0.223 e. The molecule has 1 aliphatic heterocycles. The first-order valence-corrected chi connectivity index (χ1v) is 7.72. The predicted octanol–water partition coefficient (Wildman–Crippen LogP) is 2.39. The standard InChI is InChI=1S/C15H18ClFN6/c1-19-9-5-6-23(8-9)13-7-12(21-15(18)22-13)20-11-4-2-3-10(16)14(11)17/h2-4,7,9,19H,5-6,8H2,1H3,(H3,18,20,21,22)/t9-/m1/s1. The van der Waals surface area contributed by atoms with E-state index in [1.54, 1.807) is 18.2 Å². The second kappa shape index (κ2) is 6.55. The van der Waals surface area contributed by atoms with Crippen LogP contribution in [0.5, 0.6) is 0 Å². The molecular formula is C15H18ClFN6. The van der Waals surface area contributed by atoms with E-state index in [1.165, 1.54) is 6.07 Å². The van der Waals surface area contributed by atoms with Crippen molar-refractivity contribution in [2.24, 2.45) is 0 Å². The van der Waals surface area contributed by atoms with Gasteiger partial charge in [-0.1, -0.05) is 17.7 Å². The summed E-state index contributed by atoms with van der Waals surface area (Å²) in [6.45, 7) is 1.73. The minimum Gasteiger partial charge on any atom is -0.368 e. The van der Waals surface area contributed by atoms with Crippen LogP contribution in [0, 0.1) is 5.82 Å². The Bertz CT molecular complexity index is 710. The van der Waals surface area contributed by atoms with Gasteiger partial charge in [-0.2, -0.15) is 9.97 Å². The summed E-state index contributed by atoms with van der Waals surface area (Å²) in [5.74, 6) is 0.770. The molecule has 0 aliphatic carbocycles. The van der Waals surface area contributed by atoms with E-state index in [2.05, 4.69) is 25.5 Å². The van der Waals surface area contributed by atoms with Crippen LogP contribution in [0.2, 0.25) is 5.02 Å². The Hall–Kier alpha value is -2.12. The topological polar surface area (TPSA) is 79.1 Å². The Morgan fingerprint density at radius 3 is 2.96 bits per heavy atom. The Labute approximate surface area is 138 Å². The monoisotopic (exact) mass is 336 g/mol. The fourth-order valence-corrected chi connectivity index (χ4v) is 2.80. The minimum atomic E-state index is -0.524. The van der Waals surface area contributed by atoms with E-state index in [-0.39, 0.29) is 16.7 Å². The number of nitrogen functional groups attached to an aromatic ring is 1. The third-order valence-corrected chi connectivity index (χ3v) is 4.16. The molecule has 1 fully saturated rings. The fourth-order valence-electron chi connectivity index (χ4n) is 2.62. The lowest BCUT2D eigenvalue weighted by Crippen LogP contribution is -2.30. The molecule has 1 aliphatic rings. The summed E-state index contributed by atoms with van der Waals surface area (Å²) in [6.07, 6.45) is 1.03. The van der Waals surface area contributed by atoms with Crippen molar-refractivity contribution >= 4 is 34.9 Å². The highest BCUT2D eigenvalue weighted by Crippen LogP contribution is 2.27. The van der Waals surface area contributed by atoms with Gasteiger partial charge in [0.25, 0.3) is 0 Å². The number of rotatable bonds is 4. The van der Waals surface area contributed by atoms with Crippen LogP contribution in [0.3, 0.4) is 0 Å². The van der Waals surface area contributed by atoms with Gasteiger partial charge in [0.05, 0.1) is 10.7 Å². The van der Waals surface area contributed by atoms with E-state index in [0.29, 0.717) is 11.9 Å². The van der Waals surface area contributed by atoms with Crippen LogP contribution >= 0.6 is 11.6 Å². The highest BCUT2D eigenvalue weighted by molar-refractivity contribution is 6.31. The van der Waals surface area contributed by atoms with Crippen molar-refractivity contribution < 1.29 is 4.39 Å². The van der Waals surface area contributed by atoms with Crippen LogP contribution < -0.4 is 21.3 Å². The molecule has 0 saturated carbocycles. The molecule has 2 heterocycles. The summed E-state index contributed by atoms with van der Waals surface area (Å²) < 4.78 is 14.0. The van der Waals surface area contributed by atoms with Crippen molar-refractivity contribution in [2.45, 2.75) is 12.5 Å². The van der Waals surface area contributed by atoms with Crippen LogP contribution in [0.25, 0.3) is 0 Å². The Kier molecular flexibility index (Phi) is 4.49. The van der Waals surface area contributed by atoms with Gasteiger partial charge >= 0.3 is 0 Å². The van der Waals surface area contributed by atoms with Crippen LogP contribution in [0.15, 0.2) is 24.3 Å². The first-order valence-electron chi connectivity index (χ1n) is 7.34. The molecule has 6 nitrogen and oxygen atoms in total. The van der Waals surface area contributed by atoms with E-state index < -0.39 is 5.82 Å².